The highest BCUT2D eigenvalue weighted by molar-refractivity contribution is 5.92. The minimum absolute atomic E-state index is 0.00900. The van der Waals surface area contributed by atoms with E-state index < -0.39 is 0 Å². The van der Waals surface area contributed by atoms with Gasteiger partial charge in [-0.05, 0) is 44.6 Å². The topological polar surface area (TPSA) is 58.4 Å². The van der Waals surface area contributed by atoms with E-state index in [0.29, 0.717) is 5.69 Å². The van der Waals surface area contributed by atoms with Gasteiger partial charge in [0.25, 0.3) is 5.91 Å². The molecule has 1 amide bonds. The van der Waals surface area contributed by atoms with Gasteiger partial charge < -0.3 is 10.0 Å². The second-order valence-electron chi connectivity index (χ2n) is 6.06. The second kappa shape index (κ2) is 5.95. The van der Waals surface area contributed by atoms with Crippen LogP contribution in [-0.4, -0.2) is 45.4 Å². The third-order valence-electron chi connectivity index (χ3n) is 4.58. The lowest BCUT2D eigenvalue weighted by atomic mass is 9.77. The summed E-state index contributed by atoms with van der Waals surface area (Å²) in [5.41, 5.74) is 0.669. The summed E-state index contributed by atoms with van der Waals surface area (Å²) in [4.78, 5) is 14.5. The number of rotatable bonds is 4. The molecule has 112 valence electrons. The van der Waals surface area contributed by atoms with Gasteiger partial charge in [0.1, 0.15) is 5.69 Å². The number of hydrogen-bond donors (Lipinski definition) is 1. The maximum atomic E-state index is 12.6. The molecule has 1 aliphatic heterocycles. The maximum Gasteiger partial charge on any atom is 0.272 e. The van der Waals surface area contributed by atoms with Crippen molar-refractivity contribution in [3.63, 3.8) is 0 Å². The Hall–Kier alpha value is -1.36. The van der Waals surface area contributed by atoms with Gasteiger partial charge in [0.15, 0.2) is 0 Å². The molecule has 1 N–H and O–H groups in total. The molecule has 0 atom stereocenters. The molecule has 1 aromatic rings. The van der Waals surface area contributed by atoms with E-state index in [2.05, 4.69) is 12.0 Å². The Morgan fingerprint density at radius 2 is 2.10 bits per heavy atom. The van der Waals surface area contributed by atoms with Crippen LogP contribution in [0.15, 0.2) is 12.3 Å². The van der Waals surface area contributed by atoms with Crippen molar-refractivity contribution in [3.8, 4) is 0 Å². The number of piperidine rings is 1. The van der Waals surface area contributed by atoms with Gasteiger partial charge in [0.05, 0.1) is 0 Å². The molecule has 0 aliphatic carbocycles. The van der Waals surface area contributed by atoms with Crippen molar-refractivity contribution in [2.45, 2.75) is 46.1 Å². The van der Waals surface area contributed by atoms with Gasteiger partial charge in [0, 0.05) is 31.9 Å². The number of carbonyl (C=O) groups excluding carboxylic acids is 1. The highest BCUT2D eigenvalue weighted by atomic mass is 16.3. The molecule has 1 saturated heterocycles. The Bertz CT molecular complexity index is 453. The number of hydrogen-bond acceptors (Lipinski definition) is 3. The fourth-order valence-electron chi connectivity index (χ4n) is 2.86. The number of likely N-dealkylation sites (tertiary alicyclic amines) is 1. The zero-order chi connectivity index (χ0) is 14.8. The molecule has 1 fully saturated rings. The average molecular weight is 279 g/mol. The molecule has 2 heterocycles. The summed E-state index contributed by atoms with van der Waals surface area (Å²) in [7, 11) is 0. The third-order valence-corrected chi connectivity index (χ3v) is 4.58. The molecular weight excluding hydrogens is 254 g/mol. The Labute approximate surface area is 120 Å². The molecule has 1 aliphatic rings. The molecule has 0 unspecified atom stereocenters. The van der Waals surface area contributed by atoms with Gasteiger partial charge in [-0.2, -0.15) is 5.10 Å². The first-order chi connectivity index (χ1) is 9.53. The Balaban J connectivity index is 2.07. The summed E-state index contributed by atoms with van der Waals surface area (Å²) in [6, 6.07) is 1.97. The lowest BCUT2D eigenvalue weighted by Gasteiger charge is -2.40. The molecule has 5 nitrogen and oxygen atoms in total. The van der Waals surface area contributed by atoms with Crippen molar-refractivity contribution in [2.24, 2.45) is 5.41 Å². The van der Waals surface area contributed by atoms with E-state index in [1.165, 1.54) is 0 Å². The Morgan fingerprint density at radius 3 is 2.60 bits per heavy atom. The van der Waals surface area contributed by atoms with Crippen molar-refractivity contribution >= 4 is 5.91 Å². The van der Waals surface area contributed by atoms with Crippen LogP contribution in [0.1, 0.15) is 56.6 Å². The highest BCUT2D eigenvalue weighted by Gasteiger charge is 2.34. The van der Waals surface area contributed by atoms with Crippen LogP contribution >= 0.6 is 0 Å². The first-order valence-electron chi connectivity index (χ1n) is 7.46. The van der Waals surface area contributed by atoms with E-state index >= 15 is 0 Å². The van der Waals surface area contributed by atoms with Crippen molar-refractivity contribution in [1.82, 2.24) is 14.7 Å². The Kier molecular flexibility index (Phi) is 4.48. The van der Waals surface area contributed by atoms with Crippen molar-refractivity contribution in [3.05, 3.63) is 18.0 Å². The summed E-state index contributed by atoms with van der Waals surface area (Å²) >= 11 is 0. The molecule has 0 spiro atoms. The standard InChI is InChI=1S/C15H25N3O2/c1-4-15(11-19)6-9-17(10-7-15)14(20)13-5-8-16-18(13)12(2)3/h5,8,12,19H,4,6-7,9-11H2,1-3H3. The molecule has 5 heteroatoms. The van der Waals surface area contributed by atoms with Crippen LogP contribution in [0.5, 0.6) is 0 Å². The van der Waals surface area contributed by atoms with E-state index in [1.54, 1.807) is 16.9 Å². The predicted octanol–water partition coefficient (Wildman–Crippen LogP) is 2.09. The first-order valence-corrected chi connectivity index (χ1v) is 7.46. The maximum absolute atomic E-state index is 12.6. The van der Waals surface area contributed by atoms with Gasteiger partial charge in [-0.1, -0.05) is 6.92 Å². The van der Waals surface area contributed by atoms with Gasteiger partial charge in [-0.15, -0.1) is 0 Å². The van der Waals surface area contributed by atoms with Crippen LogP contribution in [0.4, 0.5) is 0 Å². The Morgan fingerprint density at radius 1 is 1.45 bits per heavy atom. The number of amides is 1. The van der Waals surface area contributed by atoms with Gasteiger partial charge >= 0.3 is 0 Å². The smallest absolute Gasteiger partial charge is 0.272 e. The number of carbonyl (C=O) groups is 1. The summed E-state index contributed by atoms with van der Waals surface area (Å²) in [5.74, 6) is 0.0545. The summed E-state index contributed by atoms with van der Waals surface area (Å²) in [6.45, 7) is 7.81. The second-order valence-corrected chi connectivity index (χ2v) is 6.06. The molecule has 0 saturated carbocycles. The molecule has 0 bridgehead atoms. The van der Waals surface area contributed by atoms with Gasteiger partial charge in [-0.3, -0.25) is 9.48 Å². The summed E-state index contributed by atoms with van der Waals surface area (Å²) in [5, 5.41) is 13.8. The first kappa shape index (κ1) is 15.0. The number of aromatic nitrogens is 2. The quantitative estimate of drug-likeness (QED) is 0.918. The van der Waals surface area contributed by atoms with E-state index in [1.807, 2.05) is 18.7 Å². The van der Waals surface area contributed by atoms with Gasteiger partial charge in [-0.25, -0.2) is 0 Å². The van der Waals surface area contributed by atoms with Crippen LogP contribution in [-0.2, 0) is 0 Å². The zero-order valence-electron chi connectivity index (χ0n) is 12.7. The van der Waals surface area contributed by atoms with E-state index in [0.717, 1.165) is 32.4 Å². The SMILES string of the molecule is CCC1(CO)CCN(C(=O)c2ccnn2C(C)C)CC1. The van der Waals surface area contributed by atoms with Crippen molar-refractivity contribution < 1.29 is 9.90 Å². The molecule has 20 heavy (non-hydrogen) atoms. The molecule has 0 radical (unpaired) electrons. The largest absolute Gasteiger partial charge is 0.396 e. The molecular formula is C15H25N3O2. The van der Waals surface area contributed by atoms with Crippen LogP contribution < -0.4 is 0 Å². The number of nitrogens with zero attached hydrogens (tertiary/aromatic N) is 3. The highest BCUT2D eigenvalue weighted by Crippen LogP contribution is 2.34. The molecule has 0 aromatic carbocycles. The van der Waals surface area contributed by atoms with Crippen LogP contribution in [0.2, 0.25) is 0 Å². The van der Waals surface area contributed by atoms with E-state index in [9.17, 15) is 9.90 Å². The number of aliphatic hydroxyl groups is 1. The number of aliphatic hydroxyl groups excluding tert-OH is 1. The summed E-state index contributed by atoms with van der Waals surface area (Å²) in [6.07, 6.45) is 4.40. The molecule has 2 rings (SSSR count). The monoisotopic (exact) mass is 279 g/mol. The lowest BCUT2D eigenvalue weighted by molar-refractivity contribution is 0.0330. The van der Waals surface area contributed by atoms with E-state index in [-0.39, 0.29) is 24.0 Å². The zero-order valence-corrected chi connectivity index (χ0v) is 12.7. The normalized spacial score (nSPS) is 18.6. The van der Waals surface area contributed by atoms with Crippen molar-refractivity contribution in [2.75, 3.05) is 19.7 Å². The summed E-state index contributed by atoms with van der Waals surface area (Å²) < 4.78 is 1.77. The molecule has 1 aromatic heterocycles. The van der Waals surface area contributed by atoms with E-state index in [4.69, 9.17) is 0 Å². The van der Waals surface area contributed by atoms with Crippen LogP contribution in [0.25, 0.3) is 0 Å². The fourth-order valence-corrected chi connectivity index (χ4v) is 2.86. The van der Waals surface area contributed by atoms with Gasteiger partial charge in [0.2, 0.25) is 0 Å². The third kappa shape index (κ3) is 2.73. The minimum Gasteiger partial charge on any atom is -0.396 e. The predicted molar refractivity (Wildman–Crippen MR) is 77.6 cm³/mol. The lowest BCUT2D eigenvalue weighted by Crippen LogP contribution is -2.45. The fraction of sp³-hybridized carbons (Fsp3) is 0.733. The van der Waals surface area contributed by atoms with Crippen LogP contribution in [0, 0.1) is 5.41 Å². The van der Waals surface area contributed by atoms with Crippen molar-refractivity contribution in [1.29, 1.82) is 0 Å². The minimum atomic E-state index is 0.00900. The average Bonchev–Trinajstić information content (AvgIpc) is 2.96. The van der Waals surface area contributed by atoms with Crippen LogP contribution in [0.3, 0.4) is 0 Å².